The number of nitrogens with one attached hydrogen (secondary N) is 2. The third-order valence-corrected chi connectivity index (χ3v) is 7.85. The van der Waals surface area contributed by atoms with E-state index in [4.69, 9.17) is 5.73 Å². The van der Waals surface area contributed by atoms with Crippen molar-refractivity contribution < 1.29 is 19.5 Å². The fourth-order valence-electron chi connectivity index (χ4n) is 6.20. The molecule has 0 radical (unpaired) electrons. The summed E-state index contributed by atoms with van der Waals surface area (Å²) < 4.78 is 1.59. The van der Waals surface area contributed by atoms with Gasteiger partial charge in [-0.2, -0.15) is 0 Å². The van der Waals surface area contributed by atoms with Crippen molar-refractivity contribution in [3.8, 4) is 0 Å². The Balaban J connectivity index is 1.74. The number of aromatic carboxylic acids is 1. The molecule has 5 N–H and O–H groups in total. The molecule has 1 fully saturated rings. The molecule has 1 heterocycles. The first-order chi connectivity index (χ1) is 18.2. The number of carboxylic acid groups (broad SMARTS) is 1. The number of aromatic nitrogens is 1. The van der Waals surface area contributed by atoms with Crippen LogP contribution in [0.25, 0.3) is 10.9 Å². The first kappa shape index (κ1) is 27.2. The molecule has 0 unspecified atom stereocenters. The van der Waals surface area contributed by atoms with Crippen LogP contribution in [0.3, 0.4) is 0 Å². The van der Waals surface area contributed by atoms with Crippen molar-refractivity contribution in [3.63, 3.8) is 0 Å². The van der Waals surface area contributed by atoms with Crippen LogP contribution in [0.2, 0.25) is 0 Å². The van der Waals surface area contributed by atoms with Gasteiger partial charge in [0.05, 0.1) is 11.3 Å². The van der Waals surface area contributed by atoms with E-state index in [1.165, 1.54) is 0 Å². The van der Waals surface area contributed by atoms with Gasteiger partial charge in [-0.1, -0.05) is 63.1 Å². The summed E-state index contributed by atoms with van der Waals surface area (Å²) in [6, 6.07) is 16.9. The molecule has 1 aromatic heterocycles. The van der Waals surface area contributed by atoms with E-state index in [1.807, 2.05) is 54.6 Å². The minimum atomic E-state index is -1.42. The van der Waals surface area contributed by atoms with E-state index in [0.29, 0.717) is 48.2 Å². The number of aryl methyl sites for hydroxylation is 1. The minimum Gasteiger partial charge on any atom is -0.477 e. The lowest BCUT2D eigenvalue weighted by atomic mass is 9.60. The smallest absolute Gasteiger partial charge is 0.352 e. The monoisotopic (exact) mass is 518 g/mol. The normalized spacial score (nSPS) is 20.3. The van der Waals surface area contributed by atoms with Crippen LogP contribution in [0.4, 0.5) is 5.69 Å². The minimum absolute atomic E-state index is 0.00850. The van der Waals surface area contributed by atoms with Crippen LogP contribution >= 0.6 is 0 Å². The van der Waals surface area contributed by atoms with Crippen molar-refractivity contribution in [1.82, 2.24) is 9.88 Å². The molecule has 2 amide bonds. The van der Waals surface area contributed by atoms with Gasteiger partial charge in [-0.05, 0) is 43.4 Å². The molecule has 8 nitrogen and oxygen atoms in total. The highest BCUT2D eigenvalue weighted by atomic mass is 16.4. The van der Waals surface area contributed by atoms with Crippen LogP contribution < -0.4 is 16.4 Å². The average molecular weight is 519 g/mol. The number of carbonyl (C=O) groups excluding carboxylic acids is 2. The first-order valence-corrected chi connectivity index (χ1v) is 13.4. The standard InChI is InChI=1S/C30H38N4O4/c1-19(2)17-21(18-32-20-11-5-4-6-12-20)33-27(35)23-14-9-10-16-30(23,29(31)38)25-22-13-7-8-15-24(22)34(3)26(25)28(36)37/h4-8,11-13,15,19,21,23,32H,9-10,14,16-18H2,1-3H3,(H2,31,38)(H,33,35)(H,36,37)/t21-,23-,30-/m0/s1. The summed E-state index contributed by atoms with van der Waals surface area (Å²) in [5.41, 5.74) is 6.74. The fraction of sp³-hybridized carbons (Fsp3) is 0.433. The van der Waals surface area contributed by atoms with Gasteiger partial charge in [-0.25, -0.2) is 4.79 Å². The number of hydrogen-bond donors (Lipinski definition) is 4. The molecule has 3 atom stereocenters. The van der Waals surface area contributed by atoms with E-state index in [1.54, 1.807) is 11.6 Å². The molecule has 38 heavy (non-hydrogen) atoms. The maximum Gasteiger partial charge on any atom is 0.352 e. The van der Waals surface area contributed by atoms with Crippen LogP contribution in [0.15, 0.2) is 54.6 Å². The molecule has 1 aliphatic carbocycles. The predicted octanol–water partition coefficient (Wildman–Crippen LogP) is 4.43. The summed E-state index contributed by atoms with van der Waals surface area (Å²) in [6.07, 6.45) is 2.97. The number of rotatable bonds is 10. The summed E-state index contributed by atoms with van der Waals surface area (Å²) in [6.45, 7) is 4.73. The Morgan fingerprint density at radius 2 is 1.76 bits per heavy atom. The quantitative estimate of drug-likeness (QED) is 0.316. The van der Waals surface area contributed by atoms with E-state index < -0.39 is 23.2 Å². The van der Waals surface area contributed by atoms with E-state index in [-0.39, 0.29) is 17.6 Å². The highest BCUT2D eigenvalue weighted by Gasteiger charge is 2.54. The van der Waals surface area contributed by atoms with Gasteiger partial charge in [-0.15, -0.1) is 0 Å². The molecule has 0 saturated heterocycles. The molecule has 4 rings (SSSR count). The van der Waals surface area contributed by atoms with Crippen molar-refractivity contribution in [2.45, 2.75) is 57.4 Å². The zero-order valence-electron chi connectivity index (χ0n) is 22.4. The molecule has 0 spiro atoms. The lowest BCUT2D eigenvalue weighted by molar-refractivity contribution is -0.137. The summed E-state index contributed by atoms with van der Waals surface area (Å²) in [5.74, 6) is -2.49. The van der Waals surface area contributed by atoms with Crippen molar-refractivity contribution >= 4 is 34.4 Å². The Labute approximate surface area is 223 Å². The largest absolute Gasteiger partial charge is 0.477 e. The summed E-state index contributed by atoms with van der Waals surface area (Å²) in [7, 11) is 1.68. The summed E-state index contributed by atoms with van der Waals surface area (Å²) in [4.78, 5) is 40.0. The second-order valence-electron chi connectivity index (χ2n) is 10.8. The SMILES string of the molecule is CC(C)C[C@@H](CNc1ccccc1)NC(=O)[C@@H]1CCCC[C@@]1(C(N)=O)c1c(C(=O)O)n(C)c2ccccc12. The molecule has 1 saturated carbocycles. The number of carbonyl (C=O) groups is 3. The Morgan fingerprint density at radius 1 is 1.08 bits per heavy atom. The third-order valence-electron chi connectivity index (χ3n) is 7.85. The number of hydrogen-bond acceptors (Lipinski definition) is 4. The second-order valence-corrected chi connectivity index (χ2v) is 10.8. The molecule has 1 aliphatic rings. The summed E-state index contributed by atoms with van der Waals surface area (Å²) >= 11 is 0. The Bertz CT molecular complexity index is 1320. The van der Waals surface area contributed by atoms with E-state index >= 15 is 0 Å². The number of amides is 2. The second kappa shape index (κ2) is 11.3. The number of nitrogens with zero attached hydrogens (tertiary/aromatic N) is 1. The molecule has 3 aromatic rings. The lowest BCUT2D eigenvalue weighted by Gasteiger charge is -2.42. The lowest BCUT2D eigenvalue weighted by Crippen LogP contribution is -2.56. The van der Waals surface area contributed by atoms with Gasteiger partial charge in [0.25, 0.3) is 0 Å². The maximum atomic E-state index is 14.0. The molecule has 8 heteroatoms. The molecule has 2 aromatic carbocycles. The van der Waals surface area contributed by atoms with Crippen LogP contribution in [-0.2, 0) is 22.1 Å². The van der Waals surface area contributed by atoms with Crippen molar-refractivity contribution in [2.24, 2.45) is 24.6 Å². The molecule has 0 bridgehead atoms. The zero-order chi connectivity index (χ0) is 27.4. The average Bonchev–Trinajstić information content (AvgIpc) is 3.20. The first-order valence-electron chi connectivity index (χ1n) is 13.4. The fourth-order valence-corrected chi connectivity index (χ4v) is 6.20. The van der Waals surface area contributed by atoms with E-state index in [0.717, 1.165) is 18.5 Å². The molecular formula is C30H38N4O4. The van der Waals surface area contributed by atoms with Crippen molar-refractivity contribution in [2.75, 3.05) is 11.9 Å². The highest BCUT2D eigenvalue weighted by Crippen LogP contribution is 2.48. The maximum absolute atomic E-state index is 14.0. The Hall–Kier alpha value is -3.81. The van der Waals surface area contributed by atoms with E-state index in [2.05, 4.69) is 24.5 Å². The van der Waals surface area contributed by atoms with Crippen molar-refractivity contribution in [1.29, 1.82) is 0 Å². The number of primary amides is 1. The van der Waals surface area contributed by atoms with Gasteiger partial charge < -0.3 is 26.0 Å². The Kier molecular flexibility index (Phi) is 8.09. The third kappa shape index (κ3) is 5.12. The number of nitrogens with two attached hydrogens (primary N) is 1. The highest BCUT2D eigenvalue weighted by molar-refractivity contribution is 6.06. The van der Waals surface area contributed by atoms with Gasteiger partial charge in [0.1, 0.15) is 5.69 Å². The molecular weight excluding hydrogens is 480 g/mol. The van der Waals surface area contributed by atoms with Gasteiger partial charge in [-0.3, -0.25) is 9.59 Å². The summed E-state index contributed by atoms with van der Waals surface area (Å²) in [5, 5.41) is 17.5. The van der Waals surface area contributed by atoms with Crippen LogP contribution in [0, 0.1) is 11.8 Å². The van der Waals surface area contributed by atoms with Gasteiger partial charge in [0.2, 0.25) is 11.8 Å². The van der Waals surface area contributed by atoms with Crippen LogP contribution in [-0.4, -0.2) is 40.0 Å². The Morgan fingerprint density at radius 3 is 2.42 bits per heavy atom. The zero-order valence-corrected chi connectivity index (χ0v) is 22.4. The number of benzene rings is 2. The molecule has 202 valence electrons. The number of anilines is 1. The number of para-hydroxylation sites is 2. The van der Waals surface area contributed by atoms with Crippen molar-refractivity contribution in [3.05, 3.63) is 65.9 Å². The van der Waals surface area contributed by atoms with Crippen LogP contribution in [0.1, 0.15) is 62.0 Å². The number of carboxylic acids is 1. The predicted molar refractivity (Wildman–Crippen MR) is 149 cm³/mol. The molecule has 0 aliphatic heterocycles. The topological polar surface area (TPSA) is 126 Å². The van der Waals surface area contributed by atoms with Crippen LogP contribution in [0.5, 0.6) is 0 Å². The van der Waals surface area contributed by atoms with E-state index in [9.17, 15) is 19.5 Å². The number of fused-ring (bicyclic) bond motifs is 1. The van der Waals surface area contributed by atoms with Gasteiger partial charge in [0.15, 0.2) is 0 Å². The van der Waals surface area contributed by atoms with Gasteiger partial charge >= 0.3 is 5.97 Å². The van der Waals surface area contributed by atoms with Gasteiger partial charge in [0, 0.05) is 41.8 Å².